The van der Waals surface area contributed by atoms with E-state index in [-0.39, 0.29) is 0 Å². The van der Waals surface area contributed by atoms with Gasteiger partial charge in [-0.3, -0.25) is 0 Å². The van der Waals surface area contributed by atoms with Gasteiger partial charge in [0.2, 0.25) is 0 Å². The number of nitrogens with zero attached hydrogens (tertiary/aromatic N) is 2. The summed E-state index contributed by atoms with van der Waals surface area (Å²) in [5.41, 5.74) is 8.84. The predicted molar refractivity (Wildman–Crippen MR) is 172 cm³/mol. The van der Waals surface area contributed by atoms with Gasteiger partial charge in [-0.05, 0) is 76.3 Å². The van der Waals surface area contributed by atoms with Crippen molar-refractivity contribution in [2.45, 2.75) is 0 Å². The molecule has 0 aliphatic heterocycles. The SMILES string of the molecule is N#Cc1ccc2oc3cccc(-c4ccc(-c5ccc6c(c5)sc5ccccc56)c(-c5ccccc5C#N)c4)c3c2c1. The summed E-state index contributed by atoms with van der Waals surface area (Å²) in [6.45, 7) is 0. The Hall–Kier alpha value is -5.68. The molecular weight excluding hydrogens is 532 g/mol. The van der Waals surface area contributed by atoms with E-state index in [2.05, 4.69) is 78.9 Å². The van der Waals surface area contributed by atoms with Crippen LogP contribution in [0.1, 0.15) is 11.1 Å². The zero-order valence-corrected chi connectivity index (χ0v) is 23.1. The summed E-state index contributed by atoms with van der Waals surface area (Å²) in [6, 6.07) is 45.7. The molecule has 3 nitrogen and oxygen atoms in total. The van der Waals surface area contributed by atoms with Crippen molar-refractivity contribution < 1.29 is 4.42 Å². The van der Waals surface area contributed by atoms with Crippen molar-refractivity contribution in [2.75, 3.05) is 0 Å². The number of rotatable bonds is 3. The predicted octanol–water partition coefficient (Wildman–Crippen LogP) is 10.7. The van der Waals surface area contributed by atoms with Crippen molar-refractivity contribution in [3.8, 4) is 45.5 Å². The largest absolute Gasteiger partial charge is 0.456 e. The lowest BCUT2D eigenvalue weighted by Gasteiger charge is -2.15. The van der Waals surface area contributed by atoms with Crippen LogP contribution in [0, 0.1) is 22.7 Å². The third kappa shape index (κ3) is 3.71. The maximum absolute atomic E-state index is 10.0. The molecule has 4 heteroatoms. The van der Waals surface area contributed by atoms with Crippen LogP contribution in [0.2, 0.25) is 0 Å². The molecule has 0 amide bonds. The fourth-order valence-electron chi connectivity index (χ4n) is 6.03. The molecule has 42 heavy (non-hydrogen) atoms. The second-order valence-corrected chi connectivity index (χ2v) is 11.4. The Labute approximate surface area is 245 Å². The first-order valence-corrected chi connectivity index (χ1v) is 14.4. The fourth-order valence-corrected chi connectivity index (χ4v) is 7.18. The minimum atomic E-state index is 0.593. The average Bonchev–Trinajstić information content (AvgIpc) is 3.61. The molecule has 8 aromatic rings. The fraction of sp³-hybridized carbons (Fsp3) is 0. The third-order valence-electron chi connectivity index (χ3n) is 7.98. The second kappa shape index (κ2) is 9.46. The third-order valence-corrected chi connectivity index (χ3v) is 9.12. The first-order chi connectivity index (χ1) is 20.7. The topological polar surface area (TPSA) is 60.7 Å². The molecule has 2 aromatic heterocycles. The summed E-state index contributed by atoms with van der Waals surface area (Å²) in [6.07, 6.45) is 0. The van der Waals surface area contributed by atoms with Crippen molar-refractivity contribution >= 4 is 53.4 Å². The highest BCUT2D eigenvalue weighted by atomic mass is 32.1. The summed E-state index contributed by atoms with van der Waals surface area (Å²) >= 11 is 1.80. The molecule has 0 spiro atoms. The lowest BCUT2D eigenvalue weighted by atomic mass is 9.88. The van der Waals surface area contributed by atoms with Crippen LogP contribution < -0.4 is 0 Å². The van der Waals surface area contributed by atoms with E-state index in [0.717, 1.165) is 55.3 Å². The number of nitriles is 2. The molecule has 0 unspecified atom stereocenters. The molecule has 0 radical (unpaired) electrons. The summed E-state index contributed by atoms with van der Waals surface area (Å²) < 4.78 is 8.68. The molecule has 0 bridgehead atoms. The zero-order valence-electron chi connectivity index (χ0n) is 22.3. The van der Waals surface area contributed by atoms with Crippen molar-refractivity contribution in [3.63, 3.8) is 0 Å². The minimum absolute atomic E-state index is 0.593. The van der Waals surface area contributed by atoms with Crippen LogP contribution in [-0.2, 0) is 0 Å². The van der Waals surface area contributed by atoms with Gasteiger partial charge in [0, 0.05) is 36.5 Å². The van der Waals surface area contributed by atoms with Gasteiger partial charge in [-0.1, -0.05) is 72.8 Å². The van der Waals surface area contributed by atoms with E-state index in [4.69, 9.17) is 4.42 Å². The second-order valence-electron chi connectivity index (χ2n) is 10.3. The summed E-state index contributed by atoms with van der Waals surface area (Å²) in [4.78, 5) is 0. The molecule has 0 N–H and O–H groups in total. The number of fused-ring (bicyclic) bond motifs is 6. The average molecular weight is 553 g/mol. The normalized spacial score (nSPS) is 11.3. The molecule has 6 aromatic carbocycles. The highest BCUT2D eigenvalue weighted by Crippen LogP contribution is 2.43. The Balaban J connectivity index is 1.39. The van der Waals surface area contributed by atoms with Crippen molar-refractivity contribution in [2.24, 2.45) is 0 Å². The van der Waals surface area contributed by atoms with E-state index in [1.165, 1.54) is 20.2 Å². The monoisotopic (exact) mass is 552 g/mol. The quantitative estimate of drug-likeness (QED) is 0.219. The van der Waals surface area contributed by atoms with E-state index in [1.807, 2.05) is 48.5 Å². The van der Waals surface area contributed by atoms with Gasteiger partial charge in [0.1, 0.15) is 11.2 Å². The Morgan fingerprint density at radius 1 is 0.500 bits per heavy atom. The molecule has 0 saturated carbocycles. The van der Waals surface area contributed by atoms with Crippen LogP contribution in [0.5, 0.6) is 0 Å². The molecule has 2 heterocycles. The smallest absolute Gasteiger partial charge is 0.136 e. The number of benzene rings is 6. The standard InChI is InChI=1S/C38H20N2OS/c39-21-23-12-17-34-33(18-23)38-29(9-5-10-35(38)41-34)24-13-15-28(32(19-24)27-7-2-1-6-26(27)22-40)25-14-16-31-30-8-3-4-11-36(30)42-37(31)20-25/h1-20H. The van der Waals surface area contributed by atoms with Crippen molar-refractivity contribution in [1.29, 1.82) is 10.5 Å². The van der Waals surface area contributed by atoms with E-state index >= 15 is 0 Å². The zero-order chi connectivity index (χ0) is 28.2. The number of hydrogen-bond acceptors (Lipinski definition) is 4. The molecule has 0 saturated heterocycles. The number of hydrogen-bond donors (Lipinski definition) is 0. The van der Waals surface area contributed by atoms with Gasteiger partial charge < -0.3 is 4.42 Å². The van der Waals surface area contributed by atoms with Gasteiger partial charge in [0.15, 0.2) is 0 Å². The highest BCUT2D eigenvalue weighted by molar-refractivity contribution is 7.25. The number of thiophene rings is 1. The van der Waals surface area contributed by atoms with Crippen LogP contribution in [0.15, 0.2) is 126 Å². The van der Waals surface area contributed by atoms with Crippen molar-refractivity contribution in [1.82, 2.24) is 0 Å². The summed E-state index contributed by atoms with van der Waals surface area (Å²) in [7, 11) is 0. The highest BCUT2D eigenvalue weighted by Gasteiger charge is 2.17. The van der Waals surface area contributed by atoms with E-state index in [9.17, 15) is 10.5 Å². The number of furan rings is 1. The lowest BCUT2D eigenvalue weighted by molar-refractivity contribution is 0.669. The van der Waals surface area contributed by atoms with Gasteiger partial charge in [0.05, 0.1) is 23.3 Å². The van der Waals surface area contributed by atoms with Gasteiger partial charge in [-0.25, -0.2) is 0 Å². The molecule has 0 aliphatic carbocycles. The van der Waals surface area contributed by atoms with Crippen LogP contribution in [0.3, 0.4) is 0 Å². The first kappa shape index (κ1) is 24.1. The Morgan fingerprint density at radius 2 is 1.29 bits per heavy atom. The molecule has 0 fully saturated rings. The molecule has 194 valence electrons. The maximum atomic E-state index is 10.0. The van der Waals surface area contributed by atoms with Gasteiger partial charge in [-0.2, -0.15) is 10.5 Å². The minimum Gasteiger partial charge on any atom is -0.456 e. The molecule has 0 aliphatic rings. The lowest BCUT2D eigenvalue weighted by Crippen LogP contribution is -1.91. The van der Waals surface area contributed by atoms with E-state index in [0.29, 0.717) is 11.1 Å². The molecule has 0 atom stereocenters. The Bertz CT molecular complexity index is 2450. The van der Waals surface area contributed by atoms with Gasteiger partial charge >= 0.3 is 0 Å². The van der Waals surface area contributed by atoms with Crippen LogP contribution in [0.25, 0.3) is 75.5 Å². The van der Waals surface area contributed by atoms with E-state index in [1.54, 1.807) is 17.4 Å². The maximum Gasteiger partial charge on any atom is 0.136 e. The first-order valence-electron chi connectivity index (χ1n) is 13.6. The van der Waals surface area contributed by atoms with Gasteiger partial charge in [-0.15, -0.1) is 11.3 Å². The van der Waals surface area contributed by atoms with Crippen molar-refractivity contribution in [3.05, 3.63) is 132 Å². The summed E-state index contributed by atoms with van der Waals surface area (Å²) in [5.74, 6) is 0. The Kier molecular flexibility index (Phi) is 5.44. The summed E-state index contributed by atoms with van der Waals surface area (Å²) in [5, 5.41) is 24.0. The van der Waals surface area contributed by atoms with Crippen LogP contribution >= 0.6 is 11.3 Å². The van der Waals surface area contributed by atoms with Gasteiger partial charge in [0.25, 0.3) is 0 Å². The molecular formula is C38H20N2OS. The Morgan fingerprint density at radius 3 is 2.19 bits per heavy atom. The molecule has 8 rings (SSSR count). The van der Waals surface area contributed by atoms with Crippen LogP contribution in [0.4, 0.5) is 0 Å². The van der Waals surface area contributed by atoms with E-state index < -0.39 is 0 Å². The van der Waals surface area contributed by atoms with Crippen LogP contribution in [-0.4, -0.2) is 0 Å².